The Hall–Kier alpha value is -1.66. The van der Waals surface area contributed by atoms with Crippen LogP contribution in [0.2, 0.25) is 18.1 Å². The fourth-order valence-corrected chi connectivity index (χ4v) is 4.31. The molecule has 0 bridgehead atoms. The number of carboxylic acids is 1. The minimum Gasteiger partial charge on any atom is -0.481 e. The van der Waals surface area contributed by atoms with Crippen molar-refractivity contribution in [2.24, 2.45) is 11.3 Å². The Balaban J connectivity index is 2.29. The molecule has 1 aromatic rings. The summed E-state index contributed by atoms with van der Waals surface area (Å²) in [6, 6.07) is 9.56. The third-order valence-corrected chi connectivity index (χ3v) is 11.1. The van der Waals surface area contributed by atoms with Crippen molar-refractivity contribution in [3.8, 4) is 0 Å². The number of carbonyl (C=O) groups is 2. The van der Waals surface area contributed by atoms with Gasteiger partial charge in [0.05, 0.1) is 18.6 Å². The third-order valence-electron chi connectivity index (χ3n) is 6.61. The zero-order chi connectivity index (χ0) is 20.6. The first kappa shape index (κ1) is 21.6. The number of benzene rings is 1. The van der Waals surface area contributed by atoms with Crippen LogP contribution in [0, 0.1) is 11.3 Å². The van der Waals surface area contributed by atoms with Gasteiger partial charge in [0.25, 0.3) is 0 Å². The summed E-state index contributed by atoms with van der Waals surface area (Å²) in [5.74, 6) is -1.69. The van der Waals surface area contributed by atoms with Gasteiger partial charge >= 0.3 is 5.97 Å². The second-order valence-electron chi connectivity index (χ2n) is 9.28. The summed E-state index contributed by atoms with van der Waals surface area (Å²) in [4.78, 5) is 27.0. The summed E-state index contributed by atoms with van der Waals surface area (Å²) in [6.07, 6.45) is 0. The number of aliphatic carboxylic acids is 1. The number of likely N-dealkylation sites (tertiary alicyclic amines) is 1. The summed E-state index contributed by atoms with van der Waals surface area (Å²) in [5, 5.41) is 10.1. The first-order valence-electron chi connectivity index (χ1n) is 9.56. The van der Waals surface area contributed by atoms with Gasteiger partial charge in [-0.15, -0.1) is 0 Å². The molecule has 0 radical (unpaired) electrons. The summed E-state index contributed by atoms with van der Waals surface area (Å²) in [7, 11) is -2.12. The van der Waals surface area contributed by atoms with Crippen LogP contribution < -0.4 is 0 Å². The second-order valence-corrected chi connectivity index (χ2v) is 14.1. The number of amides is 1. The Bertz CT molecular complexity index is 698. The van der Waals surface area contributed by atoms with Gasteiger partial charge in [-0.3, -0.25) is 9.59 Å². The average molecular weight is 392 g/mol. The molecule has 0 spiro atoms. The zero-order valence-corrected chi connectivity index (χ0v) is 18.6. The lowest BCUT2D eigenvalue weighted by Gasteiger charge is -2.39. The fraction of sp³-hybridized carbons (Fsp3) is 0.619. The second kappa shape index (κ2) is 7.39. The van der Waals surface area contributed by atoms with Gasteiger partial charge in [-0.25, -0.2) is 0 Å². The van der Waals surface area contributed by atoms with Crippen LogP contribution >= 0.6 is 0 Å². The SMILES string of the molecule is CC1C(=O)N([C@H](C)c2ccccc2)C[C@@]1(CO[Si](C)(C)C(C)(C)C)C(=O)O. The first-order chi connectivity index (χ1) is 12.3. The van der Waals surface area contributed by atoms with E-state index in [9.17, 15) is 14.7 Å². The number of nitrogens with zero attached hydrogens (tertiary/aromatic N) is 1. The van der Waals surface area contributed by atoms with Crippen molar-refractivity contribution in [1.29, 1.82) is 0 Å². The first-order valence-corrected chi connectivity index (χ1v) is 12.5. The molecule has 3 atom stereocenters. The topological polar surface area (TPSA) is 66.8 Å². The van der Waals surface area contributed by atoms with Gasteiger partial charge < -0.3 is 14.4 Å². The van der Waals surface area contributed by atoms with Crippen molar-refractivity contribution in [1.82, 2.24) is 4.90 Å². The summed E-state index contributed by atoms with van der Waals surface area (Å²) in [6.45, 7) is 14.5. The van der Waals surface area contributed by atoms with Crippen LogP contribution in [0.15, 0.2) is 30.3 Å². The van der Waals surface area contributed by atoms with Crippen LogP contribution in [0.1, 0.15) is 46.2 Å². The van der Waals surface area contributed by atoms with E-state index in [2.05, 4.69) is 33.9 Å². The molecule has 27 heavy (non-hydrogen) atoms. The van der Waals surface area contributed by atoms with Gasteiger partial charge in [0.2, 0.25) is 5.91 Å². The number of hydrogen-bond donors (Lipinski definition) is 1. The van der Waals surface area contributed by atoms with Gasteiger partial charge in [-0.2, -0.15) is 0 Å². The standard InChI is InChI=1S/C21H33NO4Si/c1-15-18(23)22(16(2)17-11-9-8-10-12-17)13-21(15,19(24)25)14-26-27(6,7)20(3,4)5/h8-12,15-16H,13-14H2,1-7H3,(H,24,25)/t15?,16-,21+/m1/s1. The Morgan fingerprint density at radius 3 is 2.37 bits per heavy atom. The number of carbonyl (C=O) groups excluding carboxylic acids is 1. The number of hydrogen-bond acceptors (Lipinski definition) is 3. The Morgan fingerprint density at radius 1 is 1.33 bits per heavy atom. The summed E-state index contributed by atoms with van der Waals surface area (Å²) >= 11 is 0. The average Bonchev–Trinajstić information content (AvgIpc) is 2.85. The number of carboxylic acid groups (broad SMARTS) is 1. The molecule has 5 nitrogen and oxygen atoms in total. The molecule has 1 aliphatic heterocycles. The highest BCUT2D eigenvalue weighted by Crippen LogP contribution is 2.44. The minimum absolute atomic E-state index is 0.0183. The van der Waals surface area contributed by atoms with Crippen molar-refractivity contribution >= 4 is 20.2 Å². The monoisotopic (exact) mass is 391 g/mol. The summed E-state index contributed by atoms with van der Waals surface area (Å²) in [5.41, 5.74) is -0.208. The fourth-order valence-electron chi connectivity index (χ4n) is 3.25. The normalized spacial score (nSPS) is 24.9. The number of rotatable bonds is 6. The largest absolute Gasteiger partial charge is 0.481 e. The van der Waals surface area contributed by atoms with Crippen LogP contribution in [0.25, 0.3) is 0 Å². The highest BCUT2D eigenvalue weighted by atomic mass is 28.4. The summed E-state index contributed by atoms with van der Waals surface area (Å²) < 4.78 is 6.27. The van der Waals surface area contributed by atoms with Gasteiger partial charge in [-0.1, -0.05) is 58.0 Å². The molecule has 1 fully saturated rings. The molecule has 1 saturated heterocycles. The van der Waals surface area contributed by atoms with E-state index in [-0.39, 0.29) is 30.1 Å². The van der Waals surface area contributed by atoms with Gasteiger partial charge in [-0.05, 0) is 30.6 Å². The maximum absolute atomic E-state index is 13.0. The Kier molecular flexibility index (Phi) is 5.93. The molecular formula is C21H33NO4Si. The minimum atomic E-state index is -2.12. The van der Waals surface area contributed by atoms with E-state index in [4.69, 9.17) is 4.43 Å². The predicted octanol–water partition coefficient (Wildman–Crippen LogP) is 4.32. The molecule has 1 unspecified atom stereocenters. The molecule has 2 rings (SSSR count). The van der Waals surface area contributed by atoms with Crippen LogP contribution in [-0.2, 0) is 14.0 Å². The van der Waals surface area contributed by atoms with E-state index in [0.717, 1.165) is 5.56 Å². The molecule has 1 heterocycles. The lowest BCUT2D eigenvalue weighted by molar-refractivity contribution is -0.154. The van der Waals surface area contributed by atoms with E-state index < -0.39 is 25.6 Å². The van der Waals surface area contributed by atoms with Crippen molar-refractivity contribution < 1.29 is 19.1 Å². The van der Waals surface area contributed by atoms with Crippen LogP contribution in [0.4, 0.5) is 0 Å². The van der Waals surface area contributed by atoms with Crippen molar-refractivity contribution in [3.05, 3.63) is 35.9 Å². The Labute approximate surface area is 163 Å². The lowest BCUT2D eigenvalue weighted by Crippen LogP contribution is -2.49. The molecule has 0 saturated carbocycles. The van der Waals surface area contributed by atoms with E-state index in [0.29, 0.717) is 0 Å². The van der Waals surface area contributed by atoms with E-state index in [1.54, 1.807) is 11.8 Å². The maximum atomic E-state index is 13.0. The molecule has 1 aromatic carbocycles. The third kappa shape index (κ3) is 3.97. The van der Waals surface area contributed by atoms with Crippen molar-refractivity contribution in [3.63, 3.8) is 0 Å². The van der Waals surface area contributed by atoms with Gasteiger partial charge in [0.1, 0.15) is 5.41 Å². The highest BCUT2D eigenvalue weighted by molar-refractivity contribution is 6.74. The molecule has 1 N–H and O–H groups in total. The predicted molar refractivity (Wildman–Crippen MR) is 109 cm³/mol. The van der Waals surface area contributed by atoms with Gasteiger partial charge in [0, 0.05) is 6.54 Å². The van der Waals surface area contributed by atoms with Crippen LogP contribution in [0.5, 0.6) is 0 Å². The van der Waals surface area contributed by atoms with Crippen LogP contribution in [0.3, 0.4) is 0 Å². The zero-order valence-electron chi connectivity index (χ0n) is 17.6. The molecule has 1 amide bonds. The molecule has 150 valence electrons. The highest BCUT2D eigenvalue weighted by Gasteiger charge is 2.57. The molecule has 0 aromatic heterocycles. The van der Waals surface area contributed by atoms with E-state index in [1.165, 1.54) is 0 Å². The molecule has 1 aliphatic rings. The lowest BCUT2D eigenvalue weighted by atomic mass is 9.79. The van der Waals surface area contributed by atoms with Gasteiger partial charge in [0.15, 0.2) is 8.32 Å². The Morgan fingerprint density at radius 2 is 1.89 bits per heavy atom. The van der Waals surface area contributed by atoms with Crippen molar-refractivity contribution in [2.45, 2.75) is 58.8 Å². The molecule has 0 aliphatic carbocycles. The van der Waals surface area contributed by atoms with Crippen LogP contribution in [-0.4, -0.2) is 43.4 Å². The van der Waals surface area contributed by atoms with E-state index in [1.807, 2.05) is 37.3 Å². The maximum Gasteiger partial charge on any atom is 0.314 e. The van der Waals surface area contributed by atoms with Crippen molar-refractivity contribution in [2.75, 3.05) is 13.2 Å². The quantitative estimate of drug-likeness (QED) is 0.734. The molecular weight excluding hydrogens is 358 g/mol. The molecule has 6 heteroatoms. The van der Waals surface area contributed by atoms with E-state index >= 15 is 0 Å². The smallest absolute Gasteiger partial charge is 0.314 e.